The number of rotatable bonds is 2. The van der Waals surface area contributed by atoms with E-state index in [1.54, 1.807) is 23.9 Å². The number of hydrogen-bond acceptors (Lipinski definition) is 3. The number of halogens is 3. The van der Waals surface area contributed by atoms with Crippen molar-refractivity contribution < 1.29 is 17.9 Å². The molecule has 0 bridgehead atoms. The lowest BCUT2D eigenvalue weighted by molar-refractivity contribution is -0.274. The Balaban J connectivity index is 2.05. The van der Waals surface area contributed by atoms with Gasteiger partial charge in [0.1, 0.15) is 5.75 Å². The summed E-state index contributed by atoms with van der Waals surface area (Å²) in [4.78, 5) is 0. The molecule has 6 heteroatoms. The summed E-state index contributed by atoms with van der Waals surface area (Å²) < 4.78 is 39.9. The van der Waals surface area contributed by atoms with Crippen molar-refractivity contribution >= 4 is 11.8 Å². The highest BCUT2D eigenvalue weighted by Gasteiger charge is 2.32. The molecule has 1 saturated heterocycles. The molecule has 1 N–H and O–H groups in total. The van der Waals surface area contributed by atoms with Crippen molar-refractivity contribution in [1.29, 1.82) is 0 Å². The Morgan fingerprint density at radius 1 is 1.28 bits per heavy atom. The smallest absolute Gasteiger partial charge is 0.406 e. The van der Waals surface area contributed by atoms with Crippen LogP contribution < -0.4 is 10.1 Å². The van der Waals surface area contributed by atoms with Gasteiger partial charge in [0.25, 0.3) is 0 Å². The number of hydrogen-bond donors (Lipinski definition) is 1. The molecule has 1 fully saturated rings. The molecule has 1 aromatic rings. The van der Waals surface area contributed by atoms with Crippen LogP contribution in [0, 0.1) is 0 Å². The Morgan fingerprint density at radius 2 is 1.89 bits per heavy atom. The molecular formula is C12H14F3NOS. The molecule has 1 atom stereocenters. The van der Waals surface area contributed by atoms with Crippen molar-refractivity contribution in [3.63, 3.8) is 0 Å². The third kappa shape index (κ3) is 3.55. The van der Waals surface area contributed by atoms with Crippen LogP contribution in [0.1, 0.15) is 24.8 Å². The van der Waals surface area contributed by atoms with Gasteiger partial charge in [-0.25, -0.2) is 0 Å². The van der Waals surface area contributed by atoms with Gasteiger partial charge in [0, 0.05) is 11.3 Å². The summed E-state index contributed by atoms with van der Waals surface area (Å²) in [5, 5.41) is 3.54. The average Bonchev–Trinajstić information content (AvgIpc) is 2.57. The maximum absolute atomic E-state index is 12.0. The number of alkyl halides is 3. The zero-order valence-electron chi connectivity index (χ0n) is 10.0. The zero-order chi connectivity index (χ0) is 13.4. The first-order valence-corrected chi connectivity index (χ1v) is 6.55. The van der Waals surface area contributed by atoms with E-state index in [2.05, 4.69) is 23.9 Å². The van der Waals surface area contributed by atoms with E-state index in [9.17, 15) is 13.2 Å². The van der Waals surface area contributed by atoms with Gasteiger partial charge in [-0.1, -0.05) is 12.1 Å². The Hall–Kier alpha value is -0.880. The fraction of sp³-hybridized carbons (Fsp3) is 0.500. The topological polar surface area (TPSA) is 21.3 Å². The number of benzene rings is 1. The van der Waals surface area contributed by atoms with E-state index < -0.39 is 6.36 Å². The predicted octanol–water partition coefficient (Wildman–Crippen LogP) is 3.70. The third-order valence-corrected chi connectivity index (χ3v) is 4.16. The number of nitrogens with one attached hydrogen (secondary N) is 1. The molecule has 0 spiro atoms. The van der Waals surface area contributed by atoms with Crippen molar-refractivity contribution in [1.82, 2.24) is 5.32 Å². The Bertz CT molecular complexity index is 416. The second-order valence-electron chi connectivity index (χ2n) is 4.84. The average molecular weight is 277 g/mol. The first kappa shape index (κ1) is 13.5. The van der Waals surface area contributed by atoms with Gasteiger partial charge >= 0.3 is 6.36 Å². The summed E-state index contributed by atoms with van der Waals surface area (Å²) in [6.45, 7) is 4.20. The van der Waals surface area contributed by atoms with Crippen LogP contribution in [0.25, 0.3) is 0 Å². The van der Waals surface area contributed by atoms with Crippen LogP contribution in [-0.2, 0) is 0 Å². The minimum absolute atomic E-state index is 0.0521. The minimum Gasteiger partial charge on any atom is -0.406 e. The van der Waals surface area contributed by atoms with E-state index in [4.69, 9.17) is 0 Å². The van der Waals surface area contributed by atoms with Crippen LogP contribution in [-0.4, -0.2) is 17.7 Å². The van der Waals surface area contributed by atoms with Gasteiger partial charge in [-0.3, -0.25) is 5.32 Å². The van der Waals surface area contributed by atoms with E-state index in [1.807, 2.05) is 0 Å². The molecule has 2 rings (SSSR count). The summed E-state index contributed by atoms with van der Waals surface area (Å²) >= 11 is 1.75. The largest absolute Gasteiger partial charge is 0.573 e. The molecule has 0 amide bonds. The van der Waals surface area contributed by atoms with Crippen LogP contribution in [0.3, 0.4) is 0 Å². The summed E-state index contributed by atoms with van der Waals surface area (Å²) in [7, 11) is 0. The lowest BCUT2D eigenvalue weighted by Gasteiger charge is -2.19. The summed E-state index contributed by atoms with van der Waals surface area (Å²) in [6, 6.07) is 6.01. The minimum atomic E-state index is -4.64. The summed E-state index contributed by atoms with van der Waals surface area (Å²) in [5.74, 6) is 0.784. The molecule has 0 saturated carbocycles. The Morgan fingerprint density at radius 3 is 2.33 bits per heavy atom. The third-order valence-electron chi connectivity index (χ3n) is 2.55. The number of ether oxygens (including phenoxy) is 1. The zero-order valence-corrected chi connectivity index (χ0v) is 10.9. The first-order chi connectivity index (χ1) is 8.25. The van der Waals surface area contributed by atoms with Gasteiger partial charge in [0.15, 0.2) is 0 Å². The van der Waals surface area contributed by atoms with Crippen molar-refractivity contribution in [3.8, 4) is 5.75 Å². The van der Waals surface area contributed by atoms with E-state index in [-0.39, 0.29) is 16.7 Å². The number of thioether (sulfide) groups is 1. The molecule has 1 aromatic carbocycles. The molecule has 1 unspecified atom stereocenters. The second-order valence-corrected chi connectivity index (χ2v) is 5.93. The van der Waals surface area contributed by atoms with Gasteiger partial charge in [0.05, 0.1) is 5.37 Å². The van der Waals surface area contributed by atoms with Crippen molar-refractivity contribution in [2.24, 2.45) is 0 Å². The molecule has 0 aliphatic carbocycles. The molecule has 1 heterocycles. The summed E-state index contributed by atoms with van der Waals surface area (Å²) in [6.07, 6.45) is -4.64. The first-order valence-electron chi connectivity index (χ1n) is 5.50. The van der Waals surface area contributed by atoms with Gasteiger partial charge in [-0.05, 0) is 31.5 Å². The normalized spacial score (nSPS) is 23.1. The Kier molecular flexibility index (Phi) is 3.51. The Labute approximate surface area is 108 Å². The molecule has 0 radical (unpaired) electrons. The van der Waals surface area contributed by atoms with Gasteiger partial charge < -0.3 is 4.74 Å². The van der Waals surface area contributed by atoms with Crippen molar-refractivity contribution in [2.45, 2.75) is 31.1 Å². The molecule has 1 aliphatic rings. The molecule has 1 aliphatic heterocycles. The monoisotopic (exact) mass is 277 g/mol. The van der Waals surface area contributed by atoms with E-state index >= 15 is 0 Å². The fourth-order valence-electron chi connectivity index (χ4n) is 1.75. The van der Waals surface area contributed by atoms with Crippen LogP contribution in [0.15, 0.2) is 24.3 Å². The van der Waals surface area contributed by atoms with Gasteiger partial charge in [-0.15, -0.1) is 24.9 Å². The van der Waals surface area contributed by atoms with E-state index in [0.717, 1.165) is 11.3 Å². The van der Waals surface area contributed by atoms with Crippen LogP contribution in [0.5, 0.6) is 5.75 Å². The van der Waals surface area contributed by atoms with Gasteiger partial charge in [-0.2, -0.15) is 0 Å². The molecular weight excluding hydrogens is 263 g/mol. The highest BCUT2D eigenvalue weighted by molar-refractivity contribution is 7.99. The molecule has 100 valence electrons. The van der Waals surface area contributed by atoms with Crippen molar-refractivity contribution in [2.75, 3.05) is 5.75 Å². The highest BCUT2D eigenvalue weighted by atomic mass is 32.2. The molecule has 18 heavy (non-hydrogen) atoms. The maximum atomic E-state index is 12.0. The van der Waals surface area contributed by atoms with Crippen LogP contribution >= 0.6 is 11.8 Å². The predicted molar refractivity (Wildman–Crippen MR) is 65.5 cm³/mol. The maximum Gasteiger partial charge on any atom is 0.573 e. The molecule has 0 aromatic heterocycles. The quantitative estimate of drug-likeness (QED) is 0.890. The molecule has 2 nitrogen and oxygen atoms in total. The fourth-order valence-corrected chi connectivity index (χ4v) is 3.17. The lowest BCUT2D eigenvalue weighted by Crippen LogP contribution is -2.35. The van der Waals surface area contributed by atoms with Crippen molar-refractivity contribution in [3.05, 3.63) is 29.8 Å². The van der Waals surface area contributed by atoms with E-state index in [1.165, 1.54) is 12.1 Å². The van der Waals surface area contributed by atoms with E-state index in [0.29, 0.717) is 0 Å². The standard InChI is InChI=1S/C12H14F3NOS/c1-11(2)7-18-10(16-11)8-3-5-9(6-4-8)17-12(13,14)15/h3-6,10,16H,7H2,1-2H3. The SMILES string of the molecule is CC1(C)CSC(c2ccc(OC(F)(F)F)cc2)N1. The van der Waals surface area contributed by atoms with Crippen LogP contribution in [0.4, 0.5) is 13.2 Å². The summed E-state index contributed by atoms with van der Waals surface area (Å²) in [5.41, 5.74) is 1.01. The van der Waals surface area contributed by atoms with Crippen LogP contribution in [0.2, 0.25) is 0 Å². The second kappa shape index (κ2) is 4.66. The van der Waals surface area contributed by atoms with Gasteiger partial charge in [0.2, 0.25) is 0 Å². The highest BCUT2D eigenvalue weighted by Crippen LogP contribution is 2.37. The lowest BCUT2D eigenvalue weighted by atomic mass is 10.1.